The van der Waals surface area contributed by atoms with E-state index in [9.17, 15) is 0 Å². The van der Waals surface area contributed by atoms with Crippen LogP contribution in [0.25, 0.3) is 0 Å². The third-order valence-corrected chi connectivity index (χ3v) is 4.05. The van der Waals surface area contributed by atoms with E-state index in [4.69, 9.17) is 17.3 Å². The Balaban J connectivity index is 2.43. The summed E-state index contributed by atoms with van der Waals surface area (Å²) in [6.45, 7) is 10.8. The van der Waals surface area contributed by atoms with Gasteiger partial charge in [0, 0.05) is 11.9 Å². The summed E-state index contributed by atoms with van der Waals surface area (Å²) in [6, 6.07) is -0.250. The van der Waals surface area contributed by atoms with Crippen LogP contribution in [0.2, 0.25) is 0 Å². The topological polar surface area (TPSA) is 18.5 Å². The second-order valence-corrected chi connectivity index (χ2v) is 5.41. The second kappa shape index (κ2) is 2.76. The molecule has 2 fully saturated rings. The zero-order chi connectivity index (χ0) is 10.7. The maximum absolute atomic E-state index is 5.99. The van der Waals surface area contributed by atoms with E-state index in [1.54, 1.807) is 0 Å². The SMILES string of the molecule is [B][C@@H]1O[C@]2(C(C)C)[C@H](C)C1OC2(C)C. The molecule has 2 radical (unpaired) electrons. The van der Waals surface area contributed by atoms with Gasteiger partial charge in [-0.05, 0) is 19.8 Å². The molecule has 3 heteroatoms. The lowest BCUT2D eigenvalue weighted by atomic mass is 9.71. The van der Waals surface area contributed by atoms with E-state index >= 15 is 0 Å². The van der Waals surface area contributed by atoms with E-state index in [1.807, 2.05) is 0 Å². The fourth-order valence-corrected chi connectivity index (χ4v) is 3.58. The molecule has 2 heterocycles. The van der Waals surface area contributed by atoms with Gasteiger partial charge in [-0.2, -0.15) is 0 Å². The standard InChI is InChI=1S/C11H19BO2/c1-6(2)11-7(3)8(9(12)14-11)13-10(11,4)5/h6-9H,1-5H3/t7-,8?,9-,11-/m1/s1. The molecule has 0 aliphatic carbocycles. The van der Waals surface area contributed by atoms with Gasteiger partial charge in [0.2, 0.25) is 0 Å². The lowest BCUT2D eigenvalue weighted by molar-refractivity contribution is -0.221. The van der Waals surface area contributed by atoms with Crippen LogP contribution in [0.4, 0.5) is 0 Å². The Morgan fingerprint density at radius 1 is 1.21 bits per heavy atom. The Labute approximate surface area is 87.8 Å². The molecule has 2 nitrogen and oxygen atoms in total. The fourth-order valence-electron chi connectivity index (χ4n) is 3.58. The van der Waals surface area contributed by atoms with Gasteiger partial charge in [-0.3, -0.25) is 0 Å². The number of hydrogen-bond acceptors (Lipinski definition) is 2. The third-order valence-electron chi connectivity index (χ3n) is 4.05. The first kappa shape index (κ1) is 10.5. The molecule has 0 aromatic rings. The van der Waals surface area contributed by atoms with Crippen LogP contribution in [0.5, 0.6) is 0 Å². The van der Waals surface area contributed by atoms with Crippen LogP contribution < -0.4 is 0 Å². The van der Waals surface area contributed by atoms with Crippen LogP contribution in [0.15, 0.2) is 0 Å². The molecule has 0 N–H and O–H groups in total. The first-order valence-electron chi connectivity index (χ1n) is 5.44. The summed E-state index contributed by atoms with van der Waals surface area (Å²) in [6.07, 6.45) is 0.0624. The van der Waals surface area contributed by atoms with Gasteiger partial charge in [0.1, 0.15) is 13.4 Å². The van der Waals surface area contributed by atoms with Crippen molar-refractivity contribution in [3.63, 3.8) is 0 Å². The van der Waals surface area contributed by atoms with Crippen molar-refractivity contribution in [2.45, 2.75) is 57.9 Å². The summed E-state index contributed by atoms with van der Waals surface area (Å²) in [4.78, 5) is 0. The van der Waals surface area contributed by atoms with Crippen LogP contribution in [0.3, 0.4) is 0 Å². The van der Waals surface area contributed by atoms with Gasteiger partial charge < -0.3 is 9.47 Å². The van der Waals surface area contributed by atoms with Crippen LogP contribution in [0.1, 0.15) is 34.6 Å². The molecule has 2 aliphatic rings. The molecule has 78 valence electrons. The molecule has 4 atom stereocenters. The molecule has 0 amide bonds. The highest BCUT2D eigenvalue weighted by Crippen LogP contribution is 2.56. The summed E-state index contributed by atoms with van der Waals surface area (Å²) in [5.74, 6) is 0.804. The summed E-state index contributed by atoms with van der Waals surface area (Å²) in [5, 5.41) is 0. The molecule has 0 aromatic carbocycles. The van der Waals surface area contributed by atoms with Crippen LogP contribution in [0, 0.1) is 11.8 Å². The van der Waals surface area contributed by atoms with E-state index in [1.165, 1.54) is 0 Å². The average molecular weight is 194 g/mol. The van der Waals surface area contributed by atoms with Crippen LogP contribution in [-0.4, -0.2) is 31.2 Å². The smallest absolute Gasteiger partial charge is 0.112 e. The van der Waals surface area contributed by atoms with Crippen molar-refractivity contribution in [2.75, 3.05) is 0 Å². The van der Waals surface area contributed by atoms with Crippen LogP contribution >= 0.6 is 0 Å². The molecule has 0 saturated carbocycles. The molecule has 0 spiro atoms. The van der Waals surface area contributed by atoms with E-state index < -0.39 is 0 Å². The summed E-state index contributed by atoms with van der Waals surface area (Å²) in [7, 11) is 5.91. The quantitative estimate of drug-likeness (QED) is 0.591. The van der Waals surface area contributed by atoms with Crippen molar-refractivity contribution in [3.8, 4) is 0 Å². The largest absolute Gasteiger partial charge is 0.375 e. The minimum absolute atomic E-state index is 0.0624. The van der Waals surface area contributed by atoms with Crippen molar-refractivity contribution in [1.29, 1.82) is 0 Å². The Morgan fingerprint density at radius 2 is 1.79 bits per heavy atom. The average Bonchev–Trinajstić information content (AvgIpc) is 2.38. The van der Waals surface area contributed by atoms with E-state index in [2.05, 4.69) is 34.6 Å². The second-order valence-electron chi connectivity index (χ2n) is 5.41. The minimum Gasteiger partial charge on any atom is -0.375 e. The lowest BCUT2D eigenvalue weighted by Gasteiger charge is -2.46. The van der Waals surface area contributed by atoms with Crippen molar-refractivity contribution >= 4 is 7.85 Å². The first-order chi connectivity index (χ1) is 6.33. The van der Waals surface area contributed by atoms with Crippen LogP contribution in [-0.2, 0) is 9.47 Å². The number of rotatable bonds is 1. The lowest BCUT2D eigenvalue weighted by Crippen LogP contribution is -2.56. The first-order valence-corrected chi connectivity index (χ1v) is 5.44. The van der Waals surface area contributed by atoms with E-state index in [-0.39, 0.29) is 23.3 Å². The highest BCUT2D eigenvalue weighted by atomic mass is 16.6. The van der Waals surface area contributed by atoms with Gasteiger partial charge in [0.05, 0.1) is 11.7 Å². The van der Waals surface area contributed by atoms with Crippen molar-refractivity contribution in [2.24, 2.45) is 11.8 Å². The molecular weight excluding hydrogens is 175 g/mol. The van der Waals surface area contributed by atoms with Gasteiger partial charge in [-0.15, -0.1) is 0 Å². The van der Waals surface area contributed by atoms with Crippen molar-refractivity contribution in [3.05, 3.63) is 0 Å². The summed E-state index contributed by atoms with van der Waals surface area (Å²) < 4.78 is 12.0. The minimum atomic E-state index is -0.250. The third kappa shape index (κ3) is 0.952. The molecule has 2 saturated heterocycles. The molecule has 2 bridgehead atoms. The predicted octanol–water partition coefficient (Wildman–Crippen LogP) is 1.72. The molecule has 1 unspecified atom stereocenters. The normalized spacial score (nSPS) is 50.3. The van der Waals surface area contributed by atoms with Gasteiger partial charge in [-0.1, -0.05) is 20.8 Å². The van der Waals surface area contributed by atoms with Gasteiger partial charge in [0.25, 0.3) is 0 Å². The van der Waals surface area contributed by atoms with Gasteiger partial charge >= 0.3 is 0 Å². The maximum Gasteiger partial charge on any atom is 0.112 e. The van der Waals surface area contributed by atoms with E-state index in [0.717, 1.165) is 0 Å². The molecule has 0 aromatic heterocycles. The maximum atomic E-state index is 5.99. The van der Waals surface area contributed by atoms with Crippen molar-refractivity contribution < 1.29 is 9.47 Å². The molecular formula is C11H19BO2. The summed E-state index contributed by atoms with van der Waals surface area (Å²) >= 11 is 0. The van der Waals surface area contributed by atoms with Gasteiger partial charge in [-0.25, -0.2) is 0 Å². The Hall–Kier alpha value is -0.0151. The highest BCUT2D eigenvalue weighted by Gasteiger charge is 2.67. The zero-order valence-corrected chi connectivity index (χ0v) is 9.70. The summed E-state index contributed by atoms with van der Waals surface area (Å²) in [5.41, 5.74) is -0.432. The number of ether oxygens (including phenoxy) is 2. The van der Waals surface area contributed by atoms with Gasteiger partial charge in [0.15, 0.2) is 0 Å². The zero-order valence-electron chi connectivity index (χ0n) is 9.70. The fraction of sp³-hybridized carbons (Fsp3) is 1.00. The molecule has 2 aliphatic heterocycles. The number of fused-ring (bicyclic) bond motifs is 2. The number of hydrogen-bond donors (Lipinski definition) is 0. The van der Waals surface area contributed by atoms with E-state index in [0.29, 0.717) is 11.8 Å². The Kier molecular flexibility index (Phi) is 2.07. The molecule has 2 rings (SSSR count). The molecule has 14 heavy (non-hydrogen) atoms. The predicted molar refractivity (Wildman–Crippen MR) is 56.3 cm³/mol. The highest BCUT2D eigenvalue weighted by molar-refractivity contribution is 6.11. The Bertz CT molecular complexity index is 252. The monoisotopic (exact) mass is 194 g/mol. The van der Waals surface area contributed by atoms with Crippen molar-refractivity contribution in [1.82, 2.24) is 0 Å². The Morgan fingerprint density at radius 3 is 2.07 bits per heavy atom.